The zero-order valence-electron chi connectivity index (χ0n) is 12.9. The van der Waals surface area contributed by atoms with Crippen LogP contribution in [0.4, 0.5) is 11.4 Å². The Morgan fingerprint density at radius 1 is 0.826 bits per heavy atom. The van der Waals surface area contributed by atoms with E-state index in [1.54, 1.807) is 12.1 Å². The smallest absolute Gasteiger partial charge is 0.297 e. The first-order chi connectivity index (χ1) is 10.9. The van der Waals surface area contributed by atoms with Gasteiger partial charge in [-0.05, 0) is 42.5 Å². The normalized spacial score (nSPS) is 11.6. The SMILES string of the molecule is Cc1c(Nc2ccccc2)c(S(=O)(=O)O)c2ccccc2c1C. The number of rotatable bonds is 3. The molecule has 0 saturated heterocycles. The number of aryl methyl sites for hydroxylation is 1. The minimum absolute atomic E-state index is 0.0833. The van der Waals surface area contributed by atoms with E-state index >= 15 is 0 Å². The lowest BCUT2D eigenvalue weighted by Gasteiger charge is -2.18. The van der Waals surface area contributed by atoms with Gasteiger partial charge in [-0.25, -0.2) is 0 Å². The van der Waals surface area contributed by atoms with Gasteiger partial charge in [-0.2, -0.15) is 8.42 Å². The molecule has 2 N–H and O–H groups in total. The van der Waals surface area contributed by atoms with Gasteiger partial charge in [0.15, 0.2) is 0 Å². The van der Waals surface area contributed by atoms with Gasteiger partial charge in [0.1, 0.15) is 4.90 Å². The van der Waals surface area contributed by atoms with Crippen LogP contribution in [0.25, 0.3) is 10.8 Å². The molecule has 0 aliphatic carbocycles. The summed E-state index contributed by atoms with van der Waals surface area (Å²) in [4.78, 5) is -0.0833. The molecule has 0 saturated carbocycles. The second-order valence-electron chi connectivity index (χ2n) is 5.47. The standard InChI is InChI=1S/C18H17NO3S/c1-12-13(2)17(19-14-8-4-3-5-9-14)18(23(20,21)22)16-11-7-6-10-15(12)16/h3-11,19H,1-2H3,(H,20,21,22). The molecule has 0 spiro atoms. The maximum atomic E-state index is 12.0. The molecule has 0 atom stereocenters. The number of nitrogens with one attached hydrogen (secondary N) is 1. The zero-order chi connectivity index (χ0) is 16.6. The van der Waals surface area contributed by atoms with Crippen LogP contribution in [0.3, 0.4) is 0 Å². The summed E-state index contributed by atoms with van der Waals surface area (Å²) in [5.74, 6) is 0. The lowest BCUT2D eigenvalue weighted by atomic mass is 9.98. The number of hydrogen-bond donors (Lipinski definition) is 2. The van der Waals surface area contributed by atoms with Crippen molar-refractivity contribution in [2.24, 2.45) is 0 Å². The highest BCUT2D eigenvalue weighted by molar-refractivity contribution is 7.86. The van der Waals surface area contributed by atoms with E-state index in [2.05, 4.69) is 5.32 Å². The van der Waals surface area contributed by atoms with Gasteiger partial charge in [0.2, 0.25) is 0 Å². The van der Waals surface area contributed by atoms with Crippen molar-refractivity contribution in [3.05, 3.63) is 65.7 Å². The summed E-state index contributed by atoms with van der Waals surface area (Å²) < 4.78 is 33.9. The molecule has 3 rings (SSSR count). The predicted octanol–water partition coefficient (Wildman–Crippen LogP) is 4.45. The Labute approximate surface area is 135 Å². The fourth-order valence-electron chi connectivity index (χ4n) is 2.79. The predicted molar refractivity (Wildman–Crippen MR) is 93.0 cm³/mol. The Kier molecular flexibility index (Phi) is 3.83. The summed E-state index contributed by atoms with van der Waals surface area (Å²) in [5, 5.41) is 4.47. The number of para-hydroxylation sites is 1. The largest absolute Gasteiger partial charge is 0.354 e. The van der Waals surface area contributed by atoms with Gasteiger partial charge in [-0.15, -0.1) is 0 Å². The Balaban J connectivity index is 2.38. The second-order valence-corrected chi connectivity index (χ2v) is 6.82. The minimum Gasteiger partial charge on any atom is -0.354 e. The Morgan fingerprint density at radius 2 is 1.39 bits per heavy atom. The minimum atomic E-state index is -4.38. The van der Waals surface area contributed by atoms with Crippen molar-refractivity contribution >= 4 is 32.3 Å². The average molecular weight is 327 g/mol. The van der Waals surface area contributed by atoms with E-state index in [4.69, 9.17) is 0 Å². The van der Waals surface area contributed by atoms with Gasteiger partial charge < -0.3 is 5.32 Å². The highest BCUT2D eigenvalue weighted by Crippen LogP contribution is 2.38. The summed E-state index contributed by atoms with van der Waals surface area (Å²) in [5.41, 5.74) is 2.94. The fourth-order valence-corrected chi connectivity index (χ4v) is 3.70. The molecule has 23 heavy (non-hydrogen) atoms. The molecule has 0 aliphatic rings. The second kappa shape index (κ2) is 5.68. The van der Waals surface area contributed by atoms with Gasteiger partial charge in [0.25, 0.3) is 10.1 Å². The van der Waals surface area contributed by atoms with Gasteiger partial charge in [-0.1, -0.05) is 42.5 Å². The van der Waals surface area contributed by atoms with Crippen LogP contribution in [0, 0.1) is 13.8 Å². The van der Waals surface area contributed by atoms with Crippen LogP contribution in [0.2, 0.25) is 0 Å². The molecule has 3 aromatic rings. The molecular weight excluding hydrogens is 310 g/mol. The van der Waals surface area contributed by atoms with Crippen molar-refractivity contribution < 1.29 is 13.0 Å². The molecule has 4 nitrogen and oxygen atoms in total. The van der Waals surface area contributed by atoms with Crippen LogP contribution < -0.4 is 5.32 Å². The molecular formula is C18H17NO3S. The van der Waals surface area contributed by atoms with Gasteiger partial charge in [-0.3, -0.25) is 4.55 Å². The Morgan fingerprint density at radius 3 is 2.00 bits per heavy atom. The molecule has 0 radical (unpaired) electrons. The van der Waals surface area contributed by atoms with Crippen molar-refractivity contribution in [3.8, 4) is 0 Å². The van der Waals surface area contributed by atoms with E-state index in [9.17, 15) is 13.0 Å². The quantitative estimate of drug-likeness (QED) is 0.698. The summed E-state index contributed by atoms with van der Waals surface area (Å²) in [6.45, 7) is 3.79. The molecule has 0 fully saturated rings. The third-order valence-corrected chi connectivity index (χ3v) is 4.98. The molecule has 5 heteroatoms. The number of anilines is 2. The van der Waals surface area contributed by atoms with Crippen LogP contribution in [-0.4, -0.2) is 13.0 Å². The molecule has 0 aliphatic heterocycles. The van der Waals surface area contributed by atoms with Crippen LogP contribution >= 0.6 is 0 Å². The number of benzene rings is 3. The van der Waals surface area contributed by atoms with Crippen molar-refractivity contribution in [2.75, 3.05) is 5.32 Å². The topological polar surface area (TPSA) is 66.4 Å². The summed E-state index contributed by atoms with van der Waals surface area (Å²) in [7, 11) is -4.38. The molecule has 3 aromatic carbocycles. The Bertz CT molecular complexity index is 980. The maximum Gasteiger partial charge on any atom is 0.297 e. The summed E-state index contributed by atoms with van der Waals surface area (Å²) >= 11 is 0. The van der Waals surface area contributed by atoms with Gasteiger partial charge in [0.05, 0.1) is 5.69 Å². The van der Waals surface area contributed by atoms with Crippen molar-refractivity contribution in [1.29, 1.82) is 0 Å². The van der Waals surface area contributed by atoms with Crippen LogP contribution in [0.15, 0.2) is 59.5 Å². The van der Waals surface area contributed by atoms with Crippen molar-refractivity contribution in [3.63, 3.8) is 0 Å². The molecule has 0 amide bonds. The van der Waals surface area contributed by atoms with E-state index in [1.807, 2.05) is 56.3 Å². The molecule has 0 aromatic heterocycles. The van der Waals surface area contributed by atoms with Crippen molar-refractivity contribution in [2.45, 2.75) is 18.7 Å². The molecule has 0 unspecified atom stereocenters. The maximum absolute atomic E-state index is 12.0. The fraction of sp³-hybridized carbons (Fsp3) is 0.111. The highest BCUT2D eigenvalue weighted by Gasteiger charge is 2.23. The van der Waals surface area contributed by atoms with E-state index in [1.165, 1.54) is 0 Å². The van der Waals surface area contributed by atoms with Gasteiger partial charge >= 0.3 is 0 Å². The first-order valence-corrected chi connectivity index (χ1v) is 8.65. The third kappa shape index (κ3) is 2.81. The third-order valence-electron chi connectivity index (χ3n) is 4.04. The zero-order valence-corrected chi connectivity index (χ0v) is 13.7. The highest BCUT2D eigenvalue weighted by atomic mass is 32.2. The molecule has 118 valence electrons. The average Bonchev–Trinajstić information content (AvgIpc) is 2.52. The van der Waals surface area contributed by atoms with Crippen LogP contribution in [0.1, 0.15) is 11.1 Å². The number of hydrogen-bond acceptors (Lipinski definition) is 3. The molecule has 0 bridgehead atoms. The number of fused-ring (bicyclic) bond motifs is 1. The van der Waals surface area contributed by atoms with Crippen LogP contribution in [0.5, 0.6) is 0 Å². The van der Waals surface area contributed by atoms with E-state index in [-0.39, 0.29) is 4.90 Å². The van der Waals surface area contributed by atoms with Gasteiger partial charge in [0, 0.05) is 11.1 Å². The summed E-state index contributed by atoms with van der Waals surface area (Å²) in [6.07, 6.45) is 0. The first-order valence-electron chi connectivity index (χ1n) is 7.21. The van der Waals surface area contributed by atoms with E-state index in [0.717, 1.165) is 22.2 Å². The lowest BCUT2D eigenvalue weighted by Crippen LogP contribution is -2.07. The van der Waals surface area contributed by atoms with Crippen LogP contribution in [-0.2, 0) is 10.1 Å². The summed E-state index contributed by atoms with van der Waals surface area (Å²) in [6, 6.07) is 16.5. The monoisotopic (exact) mass is 327 g/mol. The molecule has 0 heterocycles. The van der Waals surface area contributed by atoms with E-state index < -0.39 is 10.1 Å². The van der Waals surface area contributed by atoms with E-state index in [0.29, 0.717) is 11.1 Å². The first kappa shape index (κ1) is 15.5. The Hall–Kier alpha value is -2.37. The lowest BCUT2D eigenvalue weighted by molar-refractivity contribution is 0.484. The van der Waals surface area contributed by atoms with Crippen molar-refractivity contribution in [1.82, 2.24) is 0 Å².